The largest absolute Gasteiger partial charge is 0.352 e. The summed E-state index contributed by atoms with van der Waals surface area (Å²) in [4.78, 5) is 11.9. The molecule has 3 nitrogen and oxygen atoms in total. The fourth-order valence-corrected chi connectivity index (χ4v) is 1.99. The van der Waals surface area contributed by atoms with Crippen molar-refractivity contribution in [2.45, 2.75) is 58.4 Å². The first kappa shape index (κ1) is 15.7. The quantitative estimate of drug-likeness (QED) is 0.758. The van der Waals surface area contributed by atoms with Crippen LogP contribution in [-0.2, 0) is 4.79 Å². The van der Waals surface area contributed by atoms with E-state index in [1.165, 1.54) is 6.42 Å². The van der Waals surface area contributed by atoms with Gasteiger partial charge >= 0.3 is 0 Å². The van der Waals surface area contributed by atoms with E-state index < -0.39 is 0 Å². The van der Waals surface area contributed by atoms with Crippen molar-refractivity contribution in [3.05, 3.63) is 0 Å². The van der Waals surface area contributed by atoms with Crippen LogP contribution in [0.1, 0.15) is 52.4 Å². The molecular formula is C12H25ClN2O. The van der Waals surface area contributed by atoms with Crippen LogP contribution >= 0.6 is 12.4 Å². The van der Waals surface area contributed by atoms with Crippen LogP contribution in [-0.4, -0.2) is 18.5 Å². The normalized spacial score (nSPS) is 19.2. The zero-order chi connectivity index (χ0) is 11.3. The summed E-state index contributed by atoms with van der Waals surface area (Å²) in [5, 5.41) is 3.08. The molecule has 1 rings (SSSR count). The molecule has 4 heteroatoms. The average Bonchev–Trinajstić information content (AvgIpc) is 2.20. The highest BCUT2D eigenvalue weighted by Gasteiger charge is 2.39. The molecule has 0 bridgehead atoms. The molecule has 1 atom stereocenters. The summed E-state index contributed by atoms with van der Waals surface area (Å²) < 4.78 is 0. The lowest BCUT2D eigenvalue weighted by Crippen LogP contribution is -2.49. The van der Waals surface area contributed by atoms with E-state index in [4.69, 9.17) is 5.73 Å². The number of amides is 1. The minimum absolute atomic E-state index is 0. The van der Waals surface area contributed by atoms with Gasteiger partial charge in [0, 0.05) is 18.0 Å². The molecule has 0 aliphatic heterocycles. The van der Waals surface area contributed by atoms with Crippen molar-refractivity contribution in [2.75, 3.05) is 6.54 Å². The SMILES string of the molecule is CCCCC(CN)NC(=O)C1(C)CCC1.Cl. The Hall–Kier alpha value is -0.280. The smallest absolute Gasteiger partial charge is 0.226 e. The summed E-state index contributed by atoms with van der Waals surface area (Å²) in [6, 6.07) is 0.176. The third kappa shape index (κ3) is 3.95. The maximum absolute atomic E-state index is 11.9. The van der Waals surface area contributed by atoms with E-state index >= 15 is 0 Å². The Kier molecular flexibility index (Phi) is 7.00. The van der Waals surface area contributed by atoms with Crippen LogP contribution in [0.25, 0.3) is 0 Å². The van der Waals surface area contributed by atoms with Crippen molar-refractivity contribution in [3.8, 4) is 0 Å². The first-order chi connectivity index (χ1) is 7.12. The molecule has 96 valence electrons. The van der Waals surface area contributed by atoms with Gasteiger partial charge in [-0.3, -0.25) is 4.79 Å². The van der Waals surface area contributed by atoms with Crippen LogP contribution in [0.2, 0.25) is 0 Å². The van der Waals surface area contributed by atoms with Crippen molar-refractivity contribution in [2.24, 2.45) is 11.1 Å². The number of halogens is 1. The van der Waals surface area contributed by atoms with E-state index in [-0.39, 0.29) is 29.8 Å². The first-order valence-electron chi connectivity index (χ1n) is 6.13. The van der Waals surface area contributed by atoms with Gasteiger partial charge in [-0.05, 0) is 19.3 Å². The molecule has 1 unspecified atom stereocenters. The number of carbonyl (C=O) groups is 1. The van der Waals surface area contributed by atoms with Gasteiger partial charge in [0.25, 0.3) is 0 Å². The zero-order valence-electron chi connectivity index (χ0n) is 10.4. The molecule has 1 amide bonds. The van der Waals surface area contributed by atoms with Crippen LogP contribution in [0.3, 0.4) is 0 Å². The molecule has 1 aliphatic rings. The van der Waals surface area contributed by atoms with Gasteiger partial charge in [-0.2, -0.15) is 0 Å². The van der Waals surface area contributed by atoms with Crippen LogP contribution in [0.15, 0.2) is 0 Å². The molecule has 0 aromatic rings. The van der Waals surface area contributed by atoms with Gasteiger partial charge in [0.2, 0.25) is 5.91 Å². The summed E-state index contributed by atoms with van der Waals surface area (Å²) in [5.74, 6) is 0.209. The number of unbranched alkanes of at least 4 members (excludes halogenated alkanes) is 1. The molecular weight excluding hydrogens is 224 g/mol. The number of nitrogens with one attached hydrogen (secondary N) is 1. The van der Waals surface area contributed by atoms with E-state index in [9.17, 15) is 4.79 Å². The molecule has 0 aromatic heterocycles. The Balaban J connectivity index is 0.00000225. The Bertz CT molecular complexity index is 217. The second kappa shape index (κ2) is 7.13. The Morgan fingerprint density at radius 3 is 2.50 bits per heavy atom. The minimum atomic E-state index is -0.0976. The lowest BCUT2D eigenvalue weighted by molar-refractivity contribution is -0.135. The molecule has 0 saturated heterocycles. The number of carbonyl (C=O) groups excluding carboxylic acids is 1. The van der Waals surface area contributed by atoms with Gasteiger partial charge in [-0.1, -0.05) is 33.1 Å². The second-order valence-corrected chi connectivity index (χ2v) is 4.96. The van der Waals surface area contributed by atoms with Gasteiger partial charge in [-0.25, -0.2) is 0 Å². The van der Waals surface area contributed by atoms with Gasteiger partial charge in [0.05, 0.1) is 0 Å². The highest BCUT2D eigenvalue weighted by molar-refractivity contribution is 5.85. The molecule has 0 spiro atoms. The Labute approximate surface area is 105 Å². The lowest BCUT2D eigenvalue weighted by atomic mass is 9.69. The first-order valence-corrected chi connectivity index (χ1v) is 6.13. The molecule has 1 saturated carbocycles. The molecule has 3 N–H and O–H groups in total. The van der Waals surface area contributed by atoms with Gasteiger partial charge in [0.1, 0.15) is 0 Å². The van der Waals surface area contributed by atoms with Gasteiger partial charge in [-0.15, -0.1) is 12.4 Å². The monoisotopic (exact) mass is 248 g/mol. The predicted octanol–water partition coefficient (Wildman–Crippen LogP) is 2.23. The standard InChI is InChI=1S/C12H24N2O.ClH/c1-3-4-6-10(9-13)14-11(15)12(2)7-5-8-12;/h10H,3-9,13H2,1-2H3,(H,14,15);1H. The molecule has 0 heterocycles. The third-order valence-corrected chi connectivity index (χ3v) is 3.53. The highest BCUT2D eigenvalue weighted by atomic mass is 35.5. The number of hydrogen-bond donors (Lipinski definition) is 2. The summed E-state index contributed by atoms with van der Waals surface area (Å²) in [5.41, 5.74) is 5.55. The van der Waals surface area contributed by atoms with Gasteiger partial charge < -0.3 is 11.1 Å². The number of hydrogen-bond acceptors (Lipinski definition) is 2. The molecule has 1 aliphatic carbocycles. The van der Waals surface area contributed by atoms with Crippen molar-refractivity contribution < 1.29 is 4.79 Å². The molecule has 0 aromatic carbocycles. The second-order valence-electron chi connectivity index (χ2n) is 4.96. The summed E-state index contributed by atoms with van der Waals surface area (Å²) in [6.45, 7) is 4.77. The van der Waals surface area contributed by atoms with Crippen molar-refractivity contribution >= 4 is 18.3 Å². The Morgan fingerprint density at radius 2 is 2.12 bits per heavy atom. The van der Waals surface area contributed by atoms with Crippen molar-refractivity contribution in [1.29, 1.82) is 0 Å². The van der Waals surface area contributed by atoms with E-state index in [1.54, 1.807) is 0 Å². The molecule has 0 radical (unpaired) electrons. The minimum Gasteiger partial charge on any atom is -0.352 e. The van der Waals surface area contributed by atoms with Crippen molar-refractivity contribution in [1.82, 2.24) is 5.32 Å². The summed E-state index contributed by atoms with van der Waals surface area (Å²) >= 11 is 0. The van der Waals surface area contributed by atoms with Crippen molar-refractivity contribution in [3.63, 3.8) is 0 Å². The Morgan fingerprint density at radius 1 is 1.50 bits per heavy atom. The third-order valence-electron chi connectivity index (χ3n) is 3.53. The van der Waals surface area contributed by atoms with Crippen LogP contribution < -0.4 is 11.1 Å². The van der Waals surface area contributed by atoms with E-state index in [0.29, 0.717) is 6.54 Å². The number of rotatable bonds is 6. The lowest BCUT2D eigenvalue weighted by Gasteiger charge is -2.37. The van der Waals surface area contributed by atoms with Crippen LogP contribution in [0.5, 0.6) is 0 Å². The van der Waals surface area contributed by atoms with Crippen LogP contribution in [0.4, 0.5) is 0 Å². The maximum atomic E-state index is 11.9. The predicted molar refractivity (Wildman–Crippen MR) is 69.7 cm³/mol. The molecule has 1 fully saturated rings. The molecule has 16 heavy (non-hydrogen) atoms. The fourth-order valence-electron chi connectivity index (χ4n) is 1.99. The topological polar surface area (TPSA) is 55.1 Å². The fraction of sp³-hybridized carbons (Fsp3) is 0.917. The van der Waals surface area contributed by atoms with E-state index in [1.807, 2.05) is 0 Å². The summed E-state index contributed by atoms with van der Waals surface area (Å²) in [6.07, 6.45) is 6.55. The summed E-state index contributed by atoms with van der Waals surface area (Å²) in [7, 11) is 0. The zero-order valence-corrected chi connectivity index (χ0v) is 11.2. The van der Waals surface area contributed by atoms with E-state index in [2.05, 4.69) is 19.2 Å². The van der Waals surface area contributed by atoms with Gasteiger partial charge in [0.15, 0.2) is 0 Å². The number of nitrogens with two attached hydrogens (primary N) is 1. The average molecular weight is 249 g/mol. The van der Waals surface area contributed by atoms with E-state index in [0.717, 1.165) is 32.1 Å². The highest BCUT2D eigenvalue weighted by Crippen LogP contribution is 2.40. The maximum Gasteiger partial charge on any atom is 0.226 e. The van der Waals surface area contributed by atoms with Crippen LogP contribution in [0, 0.1) is 5.41 Å².